The second-order valence-electron chi connectivity index (χ2n) is 5.25. The molecule has 0 spiro atoms. The Labute approximate surface area is 128 Å². The van der Waals surface area contributed by atoms with E-state index >= 15 is 0 Å². The molecule has 1 atom stereocenters. The molecule has 1 unspecified atom stereocenters. The molecule has 4 heteroatoms. The molecule has 0 aliphatic heterocycles. The molecule has 0 aliphatic carbocycles. The Hall–Kier alpha value is -0.940. The Morgan fingerprint density at radius 2 is 1.86 bits per heavy atom. The second kappa shape index (κ2) is 11.7. The third-order valence-corrected chi connectivity index (χ3v) is 3.63. The minimum absolute atomic E-state index is 0.234. The van der Waals surface area contributed by atoms with Crippen molar-refractivity contribution in [2.24, 2.45) is 5.73 Å². The van der Waals surface area contributed by atoms with E-state index in [0.29, 0.717) is 25.7 Å². The molecule has 0 aliphatic rings. The lowest BCUT2D eigenvalue weighted by Crippen LogP contribution is -2.13. The molecule has 3 N–H and O–H groups in total. The molecule has 1 aromatic carbocycles. The molecular weight excluding hydrogens is 266 g/mol. The zero-order valence-electron chi connectivity index (χ0n) is 13.1. The number of benzene rings is 1. The van der Waals surface area contributed by atoms with E-state index in [1.807, 2.05) is 0 Å². The van der Waals surface area contributed by atoms with Crippen LogP contribution in [0, 0.1) is 0 Å². The zero-order valence-corrected chi connectivity index (χ0v) is 13.1. The highest BCUT2D eigenvalue weighted by Crippen LogP contribution is 2.20. The molecule has 0 bridgehead atoms. The van der Waals surface area contributed by atoms with Crippen LogP contribution in [0.15, 0.2) is 24.3 Å². The predicted molar refractivity (Wildman–Crippen MR) is 85.6 cm³/mol. The standard InChI is InChI=1S/C17H29NO3/c1-20-12-13-21-11-3-4-15-6-8-16(9-7-15)17(14-18)5-2-10-19/h6-9,17,19H,2-5,10-14,18H2,1H3. The van der Waals surface area contributed by atoms with Gasteiger partial charge in [0.2, 0.25) is 0 Å². The van der Waals surface area contributed by atoms with Crippen LogP contribution in [0.3, 0.4) is 0 Å². The topological polar surface area (TPSA) is 64.7 Å². The van der Waals surface area contributed by atoms with Crippen LogP contribution >= 0.6 is 0 Å². The van der Waals surface area contributed by atoms with Crippen LogP contribution in [-0.2, 0) is 15.9 Å². The summed E-state index contributed by atoms with van der Waals surface area (Å²) in [5.74, 6) is 0.351. The molecule has 0 radical (unpaired) electrons. The van der Waals surface area contributed by atoms with E-state index in [2.05, 4.69) is 24.3 Å². The highest BCUT2D eigenvalue weighted by atomic mass is 16.5. The quantitative estimate of drug-likeness (QED) is 0.580. The van der Waals surface area contributed by atoms with Gasteiger partial charge in [0.25, 0.3) is 0 Å². The first-order valence-corrected chi connectivity index (χ1v) is 7.78. The Kier molecular flexibility index (Phi) is 10.1. The van der Waals surface area contributed by atoms with Crippen molar-refractivity contribution in [1.29, 1.82) is 0 Å². The zero-order chi connectivity index (χ0) is 15.3. The smallest absolute Gasteiger partial charge is 0.0700 e. The Morgan fingerprint density at radius 3 is 2.48 bits per heavy atom. The van der Waals surface area contributed by atoms with Crippen molar-refractivity contribution in [3.8, 4) is 0 Å². The SMILES string of the molecule is COCCOCCCc1ccc(C(CN)CCCO)cc1. The van der Waals surface area contributed by atoms with Gasteiger partial charge in [-0.25, -0.2) is 0 Å². The van der Waals surface area contributed by atoms with Crippen LogP contribution in [-0.4, -0.2) is 45.2 Å². The van der Waals surface area contributed by atoms with Crippen molar-refractivity contribution in [3.63, 3.8) is 0 Å². The van der Waals surface area contributed by atoms with Gasteiger partial charge in [-0.2, -0.15) is 0 Å². The molecule has 0 heterocycles. The number of nitrogens with two attached hydrogens (primary N) is 1. The van der Waals surface area contributed by atoms with Gasteiger partial charge in [-0.3, -0.25) is 0 Å². The number of aryl methyl sites for hydroxylation is 1. The maximum Gasteiger partial charge on any atom is 0.0700 e. The molecule has 0 fully saturated rings. The maximum atomic E-state index is 8.92. The van der Waals surface area contributed by atoms with Gasteiger partial charge in [0, 0.05) is 20.3 Å². The molecule has 4 nitrogen and oxygen atoms in total. The lowest BCUT2D eigenvalue weighted by molar-refractivity contribution is 0.0695. The predicted octanol–water partition coefficient (Wildman–Crippen LogP) is 2.10. The first-order valence-electron chi connectivity index (χ1n) is 7.78. The number of aliphatic hydroxyl groups is 1. The number of hydrogen-bond donors (Lipinski definition) is 2. The van der Waals surface area contributed by atoms with Gasteiger partial charge in [0.15, 0.2) is 0 Å². The summed E-state index contributed by atoms with van der Waals surface area (Å²) in [7, 11) is 1.68. The van der Waals surface area contributed by atoms with E-state index in [0.717, 1.165) is 32.3 Å². The summed E-state index contributed by atoms with van der Waals surface area (Å²) in [6, 6.07) is 8.67. The summed E-state index contributed by atoms with van der Waals surface area (Å²) in [6.45, 7) is 2.96. The van der Waals surface area contributed by atoms with Crippen molar-refractivity contribution in [2.45, 2.75) is 31.6 Å². The van der Waals surface area contributed by atoms with Gasteiger partial charge in [-0.15, -0.1) is 0 Å². The minimum Gasteiger partial charge on any atom is -0.396 e. The van der Waals surface area contributed by atoms with Gasteiger partial charge < -0.3 is 20.3 Å². The summed E-state index contributed by atoms with van der Waals surface area (Å²) in [6.07, 6.45) is 3.80. The van der Waals surface area contributed by atoms with E-state index in [1.54, 1.807) is 7.11 Å². The number of rotatable bonds is 12. The van der Waals surface area contributed by atoms with E-state index in [9.17, 15) is 0 Å². The number of aliphatic hydroxyl groups excluding tert-OH is 1. The third-order valence-electron chi connectivity index (χ3n) is 3.63. The Balaban J connectivity index is 2.32. The van der Waals surface area contributed by atoms with E-state index in [-0.39, 0.29) is 6.61 Å². The van der Waals surface area contributed by atoms with Crippen molar-refractivity contribution < 1.29 is 14.6 Å². The summed E-state index contributed by atoms with van der Waals surface area (Å²) in [5, 5.41) is 8.92. The molecule has 0 aromatic heterocycles. The van der Waals surface area contributed by atoms with Crippen LogP contribution in [0.1, 0.15) is 36.3 Å². The van der Waals surface area contributed by atoms with Gasteiger partial charge >= 0.3 is 0 Å². The van der Waals surface area contributed by atoms with Crippen molar-refractivity contribution >= 4 is 0 Å². The van der Waals surface area contributed by atoms with Crippen molar-refractivity contribution in [2.75, 3.05) is 40.1 Å². The number of ether oxygens (including phenoxy) is 2. The lowest BCUT2D eigenvalue weighted by atomic mass is 9.93. The summed E-state index contributed by atoms with van der Waals surface area (Å²) in [4.78, 5) is 0. The van der Waals surface area contributed by atoms with E-state index in [4.69, 9.17) is 20.3 Å². The number of hydrogen-bond acceptors (Lipinski definition) is 4. The molecule has 0 amide bonds. The van der Waals surface area contributed by atoms with Crippen LogP contribution in [0.2, 0.25) is 0 Å². The fraction of sp³-hybridized carbons (Fsp3) is 0.647. The van der Waals surface area contributed by atoms with Gasteiger partial charge in [-0.05, 0) is 49.3 Å². The fourth-order valence-electron chi connectivity index (χ4n) is 2.34. The molecular formula is C17H29NO3. The largest absolute Gasteiger partial charge is 0.396 e. The molecule has 21 heavy (non-hydrogen) atoms. The molecule has 120 valence electrons. The molecule has 1 aromatic rings. The fourth-order valence-corrected chi connectivity index (χ4v) is 2.34. The first kappa shape index (κ1) is 18.1. The maximum absolute atomic E-state index is 8.92. The highest BCUT2D eigenvalue weighted by molar-refractivity contribution is 5.25. The van der Waals surface area contributed by atoms with Crippen molar-refractivity contribution in [1.82, 2.24) is 0 Å². The van der Waals surface area contributed by atoms with Crippen LogP contribution in [0.25, 0.3) is 0 Å². The summed E-state index contributed by atoms with van der Waals surface area (Å²) >= 11 is 0. The van der Waals surface area contributed by atoms with Crippen LogP contribution in [0.5, 0.6) is 0 Å². The lowest BCUT2D eigenvalue weighted by Gasteiger charge is -2.15. The van der Waals surface area contributed by atoms with Gasteiger partial charge in [-0.1, -0.05) is 24.3 Å². The van der Waals surface area contributed by atoms with Gasteiger partial charge in [0.1, 0.15) is 0 Å². The molecule has 1 rings (SSSR count). The van der Waals surface area contributed by atoms with E-state index < -0.39 is 0 Å². The normalized spacial score (nSPS) is 12.5. The first-order chi connectivity index (χ1) is 10.3. The average molecular weight is 295 g/mol. The van der Waals surface area contributed by atoms with Crippen LogP contribution < -0.4 is 5.73 Å². The summed E-state index contributed by atoms with van der Waals surface area (Å²) < 4.78 is 10.4. The Bertz CT molecular complexity index is 354. The van der Waals surface area contributed by atoms with Crippen LogP contribution in [0.4, 0.5) is 0 Å². The van der Waals surface area contributed by atoms with Gasteiger partial charge in [0.05, 0.1) is 13.2 Å². The summed E-state index contributed by atoms with van der Waals surface area (Å²) in [5.41, 5.74) is 8.41. The monoisotopic (exact) mass is 295 g/mol. The molecule has 0 saturated heterocycles. The molecule has 0 saturated carbocycles. The number of methoxy groups -OCH3 is 1. The highest BCUT2D eigenvalue weighted by Gasteiger charge is 2.09. The average Bonchev–Trinajstić information content (AvgIpc) is 2.53. The Morgan fingerprint density at radius 1 is 1.10 bits per heavy atom. The minimum atomic E-state index is 0.234. The third kappa shape index (κ3) is 7.58. The van der Waals surface area contributed by atoms with Crippen molar-refractivity contribution in [3.05, 3.63) is 35.4 Å². The van der Waals surface area contributed by atoms with E-state index in [1.165, 1.54) is 11.1 Å². The second-order valence-corrected chi connectivity index (χ2v) is 5.25.